The molecule has 0 N–H and O–H groups in total. The average Bonchev–Trinajstić information content (AvgIpc) is 2.40. The van der Waals surface area contributed by atoms with Gasteiger partial charge in [-0.25, -0.2) is 0 Å². The first-order valence-corrected chi connectivity index (χ1v) is 5.77. The first kappa shape index (κ1) is 13.3. The molecule has 0 saturated carbocycles. The lowest BCUT2D eigenvalue weighted by Crippen LogP contribution is -2.19. The van der Waals surface area contributed by atoms with Gasteiger partial charge in [0.1, 0.15) is 0 Å². The minimum absolute atomic E-state index is 0.141. The molecule has 0 aliphatic rings. The fourth-order valence-electron chi connectivity index (χ4n) is 1.69. The van der Waals surface area contributed by atoms with Gasteiger partial charge in [-0.3, -0.25) is 4.99 Å². The lowest BCUT2D eigenvalue weighted by atomic mass is 10.1. The van der Waals surface area contributed by atoms with Crippen molar-refractivity contribution < 1.29 is 13.2 Å². The second-order valence-corrected chi connectivity index (χ2v) is 4.04. The summed E-state index contributed by atoms with van der Waals surface area (Å²) < 4.78 is 39.0. The van der Waals surface area contributed by atoms with Gasteiger partial charge in [-0.1, -0.05) is 60.7 Å². The lowest BCUT2D eigenvalue weighted by Gasteiger charge is -2.16. The Labute approximate surface area is 109 Å². The van der Waals surface area contributed by atoms with Crippen LogP contribution >= 0.6 is 0 Å². The SMILES string of the molecule is FC(F)(F)[C@H](N=Cc1ccccc1)c1ccccc1. The van der Waals surface area contributed by atoms with Crippen molar-refractivity contribution in [3.05, 3.63) is 71.8 Å². The molecular formula is C15H12F3N. The number of halogens is 3. The minimum Gasteiger partial charge on any atom is -0.275 e. The molecule has 0 saturated heterocycles. The molecule has 0 radical (unpaired) electrons. The van der Waals surface area contributed by atoms with E-state index < -0.39 is 12.2 Å². The third kappa shape index (κ3) is 3.68. The van der Waals surface area contributed by atoms with Crippen molar-refractivity contribution in [3.63, 3.8) is 0 Å². The zero-order valence-corrected chi connectivity index (χ0v) is 10.0. The second kappa shape index (κ2) is 5.69. The van der Waals surface area contributed by atoms with Crippen molar-refractivity contribution in [1.82, 2.24) is 0 Å². The Balaban J connectivity index is 2.28. The lowest BCUT2D eigenvalue weighted by molar-refractivity contribution is -0.148. The molecular weight excluding hydrogens is 251 g/mol. The highest BCUT2D eigenvalue weighted by Gasteiger charge is 2.40. The number of aliphatic imine (C=N–C) groups is 1. The predicted molar refractivity (Wildman–Crippen MR) is 69.3 cm³/mol. The van der Waals surface area contributed by atoms with Crippen LogP contribution in [0, 0.1) is 0 Å². The Morgan fingerprint density at radius 2 is 1.37 bits per heavy atom. The third-order valence-electron chi connectivity index (χ3n) is 2.60. The quantitative estimate of drug-likeness (QED) is 0.727. The van der Waals surface area contributed by atoms with Crippen molar-refractivity contribution in [2.75, 3.05) is 0 Å². The fourth-order valence-corrected chi connectivity index (χ4v) is 1.69. The summed E-state index contributed by atoms with van der Waals surface area (Å²) in [6, 6.07) is 14.6. The Morgan fingerprint density at radius 3 is 1.89 bits per heavy atom. The number of benzene rings is 2. The number of hydrogen-bond donors (Lipinski definition) is 0. The maximum Gasteiger partial charge on any atom is 0.414 e. The molecule has 0 amide bonds. The Hall–Kier alpha value is -2.10. The summed E-state index contributed by atoms with van der Waals surface area (Å²) in [5, 5.41) is 0. The molecule has 0 unspecified atom stereocenters. The van der Waals surface area contributed by atoms with Gasteiger partial charge in [0, 0.05) is 6.21 Å². The van der Waals surface area contributed by atoms with E-state index in [-0.39, 0.29) is 5.56 Å². The van der Waals surface area contributed by atoms with Crippen LogP contribution in [0.3, 0.4) is 0 Å². The maximum absolute atomic E-state index is 13.0. The number of rotatable bonds is 3. The molecule has 1 atom stereocenters. The summed E-state index contributed by atoms with van der Waals surface area (Å²) >= 11 is 0. The predicted octanol–water partition coefficient (Wildman–Crippen LogP) is 4.41. The highest BCUT2D eigenvalue weighted by molar-refractivity contribution is 5.79. The molecule has 2 rings (SSSR count). The van der Waals surface area contributed by atoms with Crippen molar-refractivity contribution in [3.8, 4) is 0 Å². The van der Waals surface area contributed by atoms with Crippen LogP contribution in [0.25, 0.3) is 0 Å². The van der Waals surface area contributed by atoms with Crippen LogP contribution in [-0.4, -0.2) is 12.4 Å². The molecule has 2 aromatic carbocycles. The van der Waals surface area contributed by atoms with E-state index >= 15 is 0 Å². The smallest absolute Gasteiger partial charge is 0.275 e. The summed E-state index contributed by atoms with van der Waals surface area (Å²) in [4.78, 5) is 3.69. The number of nitrogens with zero attached hydrogens (tertiary/aromatic N) is 1. The molecule has 0 fully saturated rings. The van der Waals surface area contributed by atoms with E-state index in [1.807, 2.05) is 0 Å². The monoisotopic (exact) mass is 263 g/mol. The molecule has 0 aliphatic carbocycles. The van der Waals surface area contributed by atoms with Gasteiger partial charge in [-0.2, -0.15) is 13.2 Å². The van der Waals surface area contributed by atoms with E-state index in [0.29, 0.717) is 5.56 Å². The largest absolute Gasteiger partial charge is 0.414 e. The van der Waals surface area contributed by atoms with Crippen LogP contribution in [0.15, 0.2) is 65.7 Å². The van der Waals surface area contributed by atoms with Crippen molar-refractivity contribution in [1.29, 1.82) is 0 Å². The Morgan fingerprint density at radius 1 is 0.842 bits per heavy atom. The van der Waals surface area contributed by atoms with Gasteiger partial charge in [-0.15, -0.1) is 0 Å². The van der Waals surface area contributed by atoms with Gasteiger partial charge in [0.25, 0.3) is 0 Å². The van der Waals surface area contributed by atoms with Gasteiger partial charge in [0.05, 0.1) is 0 Å². The van der Waals surface area contributed by atoms with Crippen molar-refractivity contribution in [2.45, 2.75) is 12.2 Å². The minimum atomic E-state index is -4.40. The summed E-state index contributed by atoms with van der Waals surface area (Å²) in [6.45, 7) is 0. The summed E-state index contributed by atoms with van der Waals surface area (Å²) in [7, 11) is 0. The van der Waals surface area contributed by atoms with E-state index in [2.05, 4.69) is 4.99 Å². The molecule has 2 aromatic rings. The summed E-state index contributed by atoms with van der Waals surface area (Å²) in [6.07, 6.45) is -3.14. The van der Waals surface area contributed by atoms with Gasteiger partial charge in [-0.05, 0) is 11.1 Å². The van der Waals surface area contributed by atoms with Crippen molar-refractivity contribution in [2.24, 2.45) is 4.99 Å². The third-order valence-corrected chi connectivity index (χ3v) is 2.60. The van der Waals surface area contributed by atoms with Crippen LogP contribution in [0.1, 0.15) is 17.2 Å². The molecule has 0 aliphatic heterocycles. The van der Waals surface area contributed by atoms with Gasteiger partial charge >= 0.3 is 6.18 Å². The molecule has 98 valence electrons. The van der Waals surface area contributed by atoms with Crippen LogP contribution in [0.2, 0.25) is 0 Å². The van der Waals surface area contributed by atoms with E-state index in [4.69, 9.17) is 0 Å². The van der Waals surface area contributed by atoms with Crippen LogP contribution in [-0.2, 0) is 0 Å². The molecule has 19 heavy (non-hydrogen) atoms. The first-order chi connectivity index (χ1) is 9.07. The second-order valence-electron chi connectivity index (χ2n) is 4.04. The topological polar surface area (TPSA) is 12.4 Å². The molecule has 4 heteroatoms. The molecule has 0 heterocycles. The number of hydrogen-bond acceptors (Lipinski definition) is 1. The molecule has 0 bridgehead atoms. The van der Waals surface area contributed by atoms with Gasteiger partial charge in [0.2, 0.25) is 0 Å². The van der Waals surface area contributed by atoms with Gasteiger partial charge < -0.3 is 0 Å². The van der Waals surface area contributed by atoms with E-state index in [1.165, 1.54) is 18.3 Å². The van der Waals surface area contributed by atoms with Gasteiger partial charge in [0.15, 0.2) is 6.04 Å². The van der Waals surface area contributed by atoms with Crippen LogP contribution < -0.4 is 0 Å². The molecule has 0 aromatic heterocycles. The highest BCUT2D eigenvalue weighted by atomic mass is 19.4. The maximum atomic E-state index is 13.0. The average molecular weight is 263 g/mol. The van der Waals surface area contributed by atoms with Crippen LogP contribution in [0.4, 0.5) is 13.2 Å². The number of alkyl halides is 3. The highest BCUT2D eigenvalue weighted by Crippen LogP contribution is 2.35. The van der Waals surface area contributed by atoms with E-state index in [1.54, 1.807) is 48.5 Å². The van der Waals surface area contributed by atoms with E-state index in [0.717, 1.165) is 0 Å². The fraction of sp³-hybridized carbons (Fsp3) is 0.133. The van der Waals surface area contributed by atoms with Crippen LogP contribution in [0.5, 0.6) is 0 Å². The normalized spacial score (nSPS) is 13.6. The Kier molecular flexibility index (Phi) is 4.00. The zero-order valence-electron chi connectivity index (χ0n) is 10.0. The zero-order chi connectivity index (χ0) is 13.7. The summed E-state index contributed by atoms with van der Waals surface area (Å²) in [5.74, 6) is 0. The first-order valence-electron chi connectivity index (χ1n) is 5.77. The Bertz CT molecular complexity index is 532. The van der Waals surface area contributed by atoms with E-state index in [9.17, 15) is 13.2 Å². The molecule has 1 nitrogen and oxygen atoms in total. The molecule has 0 spiro atoms. The summed E-state index contributed by atoms with van der Waals surface area (Å²) in [5.41, 5.74) is 0.787. The standard InChI is InChI=1S/C15H12F3N/c16-15(17,18)14(13-9-5-2-6-10-13)19-11-12-7-3-1-4-8-12/h1-11,14H/t14-/m1/s1. The van der Waals surface area contributed by atoms with Crippen molar-refractivity contribution >= 4 is 6.21 Å².